The number of hydrogen-bond donors (Lipinski definition) is 0. The van der Waals surface area contributed by atoms with Crippen LogP contribution in [0.25, 0.3) is 0 Å². The molecule has 1 aromatic heterocycles. The van der Waals surface area contributed by atoms with Crippen molar-refractivity contribution in [2.75, 3.05) is 14.1 Å². The van der Waals surface area contributed by atoms with Gasteiger partial charge in [-0.25, -0.2) is 4.79 Å². The third-order valence-electron chi connectivity index (χ3n) is 4.01. The van der Waals surface area contributed by atoms with E-state index in [9.17, 15) is 9.59 Å². The van der Waals surface area contributed by atoms with Gasteiger partial charge in [-0.3, -0.25) is 13.9 Å². The minimum atomic E-state index is -0.209. The maximum atomic E-state index is 12.6. The van der Waals surface area contributed by atoms with Gasteiger partial charge in [0, 0.05) is 33.3 Å². The Labute approximate surface area is 123 Å². The lowest BCUT2D eigenvalue weighted by molar-refractivity contribution is 0.439. The highest BCUT2D eigenvalue weighted by atomic mass is 16.2. The summed E-state index contributed by atoms with van der Waals surface area (Å²) in [5.41, 5.74) is 0.221. The van der Waals surface area contributed by atoms with Crippen molar-refractivity contribution in [3.8, 4) is 0 Å². The van der Waals surface area contributed by atoms with Crippen LogP contribution in [0.1, 0.15) is 31.4 Å². The van der Waals surface area contributed by atoms with Crippen molar-refractivity contribution in [2.45, 2.75) is 38.8 Å². The van der Waals surface area contributed by atoms with Gasteiger partial charge in [-0.05, 0) is 37.5 Å². The van der Waals surface area contributed by atoms with Gasteiger partial charge in [0.1, 0.15) is 0 Å². The predicted molar refractivity (Wildman–Crippen MR) is 81.7 cm³/mol. The van der Waals surface area contributed by atoms with Gasteiger partial charge in [0.25, 0.3) is 5.56 Å². The Morgan fingerprint density at radius 3 is 2.24 bits per heavy atom. The van der Waals surface area contributed by atoms with Crippen LogP contribution in [0.5, 0.6) is 0 Å². The van der Waals surface area contributed by atoms with E-state index in [-0.39, 0.29) is 11.2 Å². The molecule has 0 atom stereocenters. The zero-order valence-electron chi connectivity index (χ0n) is 12.7. The topological polar surface area (TPSA) is 59.6 Å². The highest BCUT2D eigenvalue weighted by Gasteiger charge is 2.26. The summed E-state index contributed by atoms with van der Waals surface area (Å²) in [6.07, 6.45) is 6.18. The fourth-order valence-electron chi connectivity index (χ4n) is 2.38. The first-order valence-electron chi connectivity index (χ1n) is 7.60. The van der Waals surface area contributed by atoms with Gasteiger partial charge in [-0.2, -0.15) is 5.10 Å². The molecule has 6 heteroatoms. The molecule has 0 amide bonds. The van der Waals surface area contributed by atoms with Gasteiger partial charge in [0.15, 0.2) is 0 Å². The van der Waals surface area contributed by atoms with E-state index in [2.05, 4.69) is 5.10 Å². The van der Waals surface area contributed by atoms with Crippen LogP contribution in [0.15, 0.2) is 20.8 Å². The Balaban J connectivity index is 2.00. The van der Waals surface area contributed by atoms with Crippen LogP contribution in [-0.2, 0) is 13.1 Å². The Kier molecular flexibility index (Phi) is 3.69. The highest BCUT2D eigenvalue weighted by Crippen LogP contribution is 2.31. The molecular weight excluding hydrogens is 268 g/mol. The summed E-state index contributed by atoms with van der Waals surface area (Å²) in [4.78, 5) is 24.8. The summed E-state index contributed by atoms with van der Waals surface area (Å²) >= 11 is 0. The van der Waals surface area contributed by atoms with Crippen LogP contribution in [0.4, 0.5) is 0 Å². The molecule has 0 bridgehead atoms. The lowest BCUT2D eigenvalue weighted by atomic mass is 10.3. The van der Waals surface area contributed by atoms with Crippen molar-refractivity contribution in [1.29, 1.82) is 0 Å². The molecule has 0 spiro atoms. The van der Waals surface area contributed by atoms with E-state index in [1.54, 1.807) is 21.9 Å². The summed E-state index contributed by atoms with van der Waals surface area (Å²) < 4.78 is 3.11. The summed E-state index contributed by atoms with van der Waals surface area (Å²) in [6.45, 7) is 1.26. The lowest BCUT2D eigenvalue weighted by Gasteiger charge is -2.13. The normalized spacial score (nSPS) is 18.4. The number of aromatic nitrogens is 2. The lowest BCUT2D eigenvalue weighted by Crippen LogP contribution is -2.42. The molecule has 2 saturated carbocycles. The van der Waals surface area contributed by atoms with Crippen LogP contribution in [0.2, 0.25) is 0 Å². The van der Waals surface area contributed by atoms with Crippen LogP contribution in [0.3, 0.4) is 0 Å². The Bertz CT molecular complexity index is 663. The van der Waals surface area contributed by atoms with Crippen molar-refractivity contribution < 1.29 is 0 Å². The molecule has 0 aliphatic heterocycles. The van der Waals surface area contributed by atoms with Gasteiger partial charge < -0.3 is 5.01 Å². The Morgan fingerprint density at radius 2 is 1.71 bits per heavy atom. The summed E-state index contributed by atoms with van der Waals surface area (Å²) in [6, 6.07) is 1.54. The van der Waals surface area contributed by atoms with Gasteiger partial charge in [0.2, 0.25) is 0 Å². The molecule has 0 radical (unpaired) electrons. The molecule has 2 fully saturated rings. The molecule has 3 rings (SSSR count). The minimum Gasteiger partial charge on any atom is -0.303 e. The average Bonchev–Trinajstić information content (AvgIpc) is 3.31. The summed E-state index contributed by atoms with van der Waals surface area (Å²) in [5.74, 6) is 1.08. The van der Waals surface area contributed by atoms with E-state index in [1.165, 1.54) is 17.4 Å². The molecule has 114 valence electrons. The van der Waals surface area contributed by atoms with Crippen LogP contribution < -0.4 is 11.2 Å². The first-order valence-corrected chi connectivity index (χ1v) is 7.60. The molecule has 21 heavy (non-hydrogen) atoms. The average molecular weight is 290 g/mol. The van der Waals surface area contributed by atoms with Crippen LogP contribution in [0, 0.1) is 11.8 Å². The first kappa shape index (κ1) is 14.1. The second-order valence-corrected chi connectivity index (χ2v) is 6.39. The molecular formula is C15H22N4O2. The zero-order valence-corrected chi connectivity index (χ0v) is 12.7. The zero-order chi connectivity index (χ0) is 15.0. The van der Waals surface area contributed by atoms with Gasteiger partial charge in [0.05, 0.1) is 11.9 Å². The number of rotatable bonds is 6. The standard InChI is InChI=1S/C15H22N4O2/c1-17(2)16-8-13-7-14(20)19(10-12-5-6-12)15(21)18(13)9-11-3-4-11/h7-8,11-12H,3-6,9-10H2,1-2H3. The SMILES string of the molecule is CN(C)N=Cc1cc(=O)n(CC2CC2)c(=O)n1CC1CC1. The molecule has 0 aromatic carbocycles. The van der Waals surface area contributed by atoms with Gasteiger partial charge in [-0.1, -0.05) is 0 Å². The second kappa shape index (κ2) is 5.50. The summed E-state index contributed by atoms with van der Waals surface area (Å²) in [5, 5.41) is 5.82. The van der Waals surface area contributed by atoms with Gasteiger partial charge >= 0.3 is 5.69 Å². The maximum Gasteiger partial charge on any atom is 0.331 e. The molecule has 0 saturated heterocycles. The first-order chi connectivity index (χ1) is 10.0. The second-order valence-electron chi connectivity index (χ2n) is 6.39. The van der Waals surface area contributed by atoms with E-state index >= 15 is 0 Å². The van der Waals surface area contributed by atoms with Gasteiger partial charge in [-0.15, -0.1) is 0 Å². The third kappa shape index (κ3) is 3.43. The molecule has 0 N–H and O–H groups in total. The van der Waals surface area contributed by atoms with Crippen molar-refractivity contribution in [1.82, 2.24) is 14.1 Å². The highest BCUT2D eigenvalue weighted by molar-refractivity contribution is 5.76. The van der Waals surface area contributed by atoms with E-state index in [4.69, 9.17) is 0 Å². The Hall–Kier alpha value is -1.85. The van der Waals surface area contributed by atoms with Crippen molar-refractivity contribution in [3.05, 3.63) is 32.6 Å². The van der Waals surface area contributed by atoms with E-state index in [0.717, 1.165) is 12.8 Å². The predicted octanol–water partition coefficient (Wildman–Crippen LogP) is 0.725. The largest absolute Gasteiger partial charge is 0.331 e. The third-order valence-corrected chi connectivity index (χ3v) is 4.01. The number of hydrazone groups is 1. The van der Waals surface area contributed by atoms with E-state index in [1.807, 2.05) is 14.1 Å². The monoisotopic (exact) mass is 290 g/mol. The molecule has 1 aromatic rings. The number of nitrogens with zero attached hydrogens (tertiary/aromatic N) is 4. The van der Waals surface area contributed by atoms with E-state index < -0.39 is 0 Å². The molecule has 6 nitrogen and oxygen atoms in total. The minimum absolute atomic E-state index is 0.179. The molecule has 2 aliphatic carbocycles. The smallest absolute Gasteiger partial charge is 0.303 e. The van der Waals surface area contributed by atoms with Crippen molar-refractivity contribution in [3.63, 3.8) is 0 Å². The molecule has 1 heterocycles. The molecule has 0 unspecified atom stereocenters. The fraction of sp³-hybridized carbons (Fsp3) is 0.667. The Morgan fingerprint density at radius 1 is 1.14 bits per heavy atom. The van der Waals surface area contributed by atoms with Crippen LogP contribution >= 0.6 is 0 Å². The molecule has 2 aliphatic rings. The maximum absolute atomic E-state index is 12.6. The quantitative estimate of drug-likeness (QED) is 0.573. The van der Waals surface area contributed by atoms with Crippen molar-refractivity contribution in [2.24, 2.45) is 16.9 Å². The number of hydrogen-bond acceptors (Lipinski definition) is 4. The van der Waals surface area contributed by atoms with Crippen molar-refractivity contribution >= 4 is 6.21 Å². The van der Waals surface area contributed by atoms with E-state index in [0.29, 0.717) is 30.6 Å². The van der Waals surface area contributed by atoms with Crippen LogP contribution in [-0.4, -0.2) is 34.5 Å². The summed E-state index contributed by atoms with van der Waals surface area (Å²) in [7, 11) is 3.63. The fourth-order valence-corrected chi connectivity index (χ4v) is 2.38.